The molecule has 0 fully saturated rings. The second-order valence-corrected chi connectivity index (χ2v) is 22.5. The summed E-state index contributed by atoms with van der Waals surface area (Å²) >= 11 is 0. The van der Waals surface area contributed by atoms with Crippen molar-refractivity contribution >= 4 is 57.2 Å². The molecule has 0 unspecified atom stereocenters. The minimum Gasteiger partial charge on any atom is -0.311 e. The minimum atomic E-state index is -0.182. The van der Waals surface area contributed by atoms with E-state index in [1.165, 1.54) is 16.4 Å². The highest BCUT2D eigenvalue weighted by Crippen LogP contribution is 2.50. The third kappa shape index (κ3) is 9.58. The van der Waals surface area contributed by atoms with Crippen LogP contribution in [-0.4, -0.2) is 16.7 Å². The number of rotatable bonds is 11. The number of anilines is 6. The van der Waals surface area contributed by atoms with Crippen molar-refractivity contribution in [2.75, 3.05) is 9.80 Å². The van der Waals surface area contributed by atoms with Gasteiger partial charge in [-0.2, -0.15) is 0 Å². The van der Waals surface area contributed by atoms with E-state index in [1.807, 2.05) is 6.07 Å². The highest BCUT2D eigenvalue weighted by atomic mass is 15.2. The molecule has 13 aromatic carbocycles. The van der Waals surface area contributed by atoms with Crippen LogP contribution in [0.3, 0.4) is 0 Å². The fraction of sp³-hybridized carbons (Fsp3) is 0. The summed E-state index contributed by atoms with van der Waals surface area (Å²) in [5.74, 6) is 0.659. The van der Waals surface area contributed by atoms with Crippen LogP contribution in [0.4, 0.5) is 34.1 Å². The Bertz CT molecular complexity index is 4420. The number of fused-ring (bicyclic) bond motifs is 4. The van der Waals surface area contributed by atoms with Crippen LogP contribution in [0.5, 0.6) is 0 Å². The molecule has 1 aromatic heterocycles. The smallest absolute Gasteiger partial charge is 0.252 e. The van der Waals surface area contributed by atoms with Gasteiger partial charge in [0.15, 0.2) is 5.82 Å². The van der Waals surface area contributed by atoms with Crippen molar-refractivity contribution in [2.45, 2.75) is 0 Å². The Hall–Kier alpha value is -11.4. The SMILES string of the molecule is c1ccc(-c2cc(-c3ccccc3)cc(N3c4cc(-c5ccccc5)ccc4B4c5ccc(-c6ccccc6)cc5N(c5cc(-c6ccccc6)cc(-c6ccccc6)c5)c5cc(-c6cc(-c7ccccc7)nc(-c7ccccc7)n6)cc3c54)c2)cc1. The summed E-state index contributed by atoms with van der Waals surface area (Å²) in [4.78, 5) is 16.1. The Morgan fingerprint density at radius 1 is 0.207 bits per heavy atom. The van der Waals surface area contributed by atoms with Crippen LogP contribution in [0.25, 0.3) is 101 Å². The van der Waals surface area contributed by atoms with Gasteiger partial charge >= 0.3 is 0 Å². The minimum absolute atomic E-state index is 0.182. The molecule has 0 radical (unpaired) electrons. The van der Waals surface area contributed by atoms with Gasteiger partial charge in [0.05, 0.1) is 11.4 Å². The van der Waals surface area contributed by atoms with Crippen molar-refractivity contribution in [3.05, 3.63) is 334 Å². The van der Waals surface area contributed by atoms with Gasteiger partial charge in [-0.05, 0) is 150 Å². The molecule has 406 valence electrons. The number of aromatic nitrogens is 2. The Balaban J connectivity index is 1.05. The maximum Gasteiger partial charge on any atom is 0.252 e. The molecule has 0 atom stereocenters. The average molecular weight is 1110 g/mol. The lowest BCUT2D eigenvalue weighted by Crippen LogP contribution is -2.61. The maximum atomic E-state index is 5.62. The number of nitrogens with zero attached hydrogens (tertiary/aromatic N) is 4. The quantitative estimate of drug-likeness (QED) is 0.121. The van der Waals surface area contributed by atoms with Gasteiger partial charge in [0, 0.05) is 50.8 Å². The summed E-state index contributed by atoms with van der Waals surface area (Å²) in [6, 6.07) is 121. The second-order valence-electron chi connectivity index (χ2n) is 22.5. The molecule has 87 heavy (non-hydrogen) atoms. The number of benzene rings is 13. The molecule has 0 saturated carbocycles. The van der Waals surface area contributed by atoms with E-state index in [0.717, 1.165) is 129 Å². The molecule has 0 spiro atoms. The molecule has 0 saturated heterocycles. The molecule has 3 heterocycles. The monoisotopic (exact) mass is 1110 g/mol. The second kappa shape index (κ2) is 22.0. The zero-order valence-corrected chi connectivity index (χ0v) is 47.6. The molecule has 0 aliphatic carbocycles. The average Bonchev–Trinajstić information content (AvgIpc) is 1.23. The first-order chi connectivity index (χ1) is 43.1. The predicted molar refractivity (Wildman–Crippen MR) is 365 cm³/mol. The number of hydrogen-bond donors (Lipinski definition) is 0. The third-order valence-corrected chi connectivity index (χ3v) is 17.2. The van der Waals surface area contributed by atoms with Crippen LogP contribution >= 0.6 is 0 Å². The number of hydrogen-bond acceptors (Lipinski definition) is 4. The van der Waals surface area contributed by atoms with Crippen LogP contribution in [0.1, 0.15) is 0 Å². The van der Waals surface area contributed by atoms with Crippen LogP contribution < -0.4 is 26.2 Å². The Labute approximate surface area is 508 Å². The van der Waals surface area contributed by atoms with E-state index in [2.05, 4.69) is 337 Å². The highest BCUT2D eigenvalue weighted by molar-refractivity contribution is 7.00. The summed E-state index contributed by atoms with van der Waals surface area (Å²) in [6.07, 6.45) is 0. The first-order valence-corrected chi connectivity index (χ1v) is 29.8. The van der Waals surface area contributed by atoms with Crippen LogP contribution in [0, 0.1) is 0 Å². The standard InChI is InChI=1S/C82H55BN4/c1-9-25-56(26-10-1)64-41-43-73-77(51-64)86(71-47-66(58-29-13-3-14-30-58)45-67(48-71)59-31-15-4-16-32-59)79-53-70(76-55-75(62-37-21-7-22-38-62)84-82(85-76)63-39-23-8-24-40-63)54-80-81(79)83(73)74-44-42-65(57-27-11-2-12-28-57)52-78(74)87(80)72-49-68(60-33-17-5-18-34-60)46-69(50-72)61-35-19-6-20-36-61/h1-55H. The first-order valence-electron chi connectivity index (χ1n) is 29.8. The Morgan fingerprint density at radius 3 is 0.839 bits per heavy atom. The van der Waals surface area contributed by atoms with E-state index in [0.29, 0.717) is 5.82 Å². The molecule has 14 aromatic rings. The van der Waals surface area contributed by atoms with E-state index >= 15 is 0 Å². The third-order valence-electron chi connectivity index (χ3n) is 17.2. The molecule has 4 nitrogen and oxygen atoms in total. The lowest BCUT2D eigenvalue weighted by molar-refractivity contribution is 1.18. The molecule has 0 bridgehead atoms. The zero-order valence-electron chi connectivity index (χ0n) is 47.6. The molecule has 16 rings (SSSR count). The van der Waals surface area contributed by atoms with E-state index in [9.17, 15) is 0 Å². The van der Waals surface area contributed by atoms with Gasteiger partial charge in [-0.25, -0.2) is 9.97 Å². The summed E-state index contributed by atoms with van der Waals surface area (Å²) in [5.41, 5.74) is 28.4. The summed E-state index contributed by atoms with van der Waals surface area (Å²) in [6.45, 7) is -0.182. The Morgan fingerprint density at radius 2 is 0.494 bits per heavy atom. The fourth-order valence-corrected chi connectivity index (χ4v) is 13.1. The van der Waals surface area contributed by atoms with Gasteiger partial charge in [-0.1, -0.05) is 267 Å². The van der Waals surface area contributed by atoms with E-state index in [-0.39, 0.29) is 6.71 Å². The normalized spacial score (nSPS) is 12.1. The van der Waals surface area contributed by atoms with Gasteiger partial charge in [0.2, 0.25) is 0 Å². The van der Waals surface area contributed by atoms with Gasteiger partial charge < -0.3 is 9.80 Å². The van der Waals surface area contributed by atoms with Gasteiger partial charge in [0.1, 0.15) is 0 Å². The maximum absolute atomic E-state index is 5.62. The molecule has 0 N–H and O–H groups in total. The van der Waals surface area contributed by atoms with Crippen molar-refractivity contribution in [3.8, 4) is 101 Å². The lowest BCUT2D eigenvalue weighted by atomic mass is 9.33. The van der Waals surface area contributed by atoms with Crippen molar-refractivity contribution in [3.63, 3.8) is 0 Å². The van der Waals surface area contributed by atoms with E-state index in [1.54, 1.807) is 0 Å². The van der Waals surface area contributed by atoms with Crippen molar-refractivity contribution in [2.24, 2.45) is 0 Å². The first kappa shape index (κ1) is 51.3. The van der Waals surface area contributed by atoms with E-state index in [4.69, 9.17) is 9.97 Å². The fourth-order valence-electron chi connectivity index (χ4n) is 13.1. The topological polar surface area (TPSA) is 32.3 Å². The van der Waals surface area contributed by atoms with Crippen molar-refractivity contribution in [1.82, 2.24) is 9.97 Å². The molecular weight excluding hydrogens is 1050 g/mol. The van der Waals surface area contributed by atoms with Gasteiger partial charge in [-0.15, -0.1) is 0 Å². The Kier molecular flexibility index (Phi) is 13.0. The molecule has 0 amide bonds. The van der Waals surface area contributed by atoms with Gasteiger partial charge in [-0.3, -0.25) is 0 Å². The van der Waals surface area contributed by atoms with E-state index < -0.39 is 0 Å². The molecule has 5 heteroatoms. The predicted octanol–water partition coefficient (Wildman–Crippen LogP) is 19.6. The highest BCUT2D eigenvalue weighted by Gasteiger charge is 2.44. The van der Waals surface area contributed by atoms with Crippen molar-refractivity contribution < 1.29 is 0 Å². The summed E-state index contributed by atoms with van der Waals surface area (Å²) < 4.78 is 0. The van der Waals surface area contributed by atoms with Crippen LogP contribution in [0.15, 0.2) is 334 Å². The largest absolute Gasteiger partial charge is 0.311 e. The molecule has 2 aliphatic heterocycles. The molecule has 2 aliphatic rings. The molecular formula is C82H55BN4. The van der Waals surface area contributed by atoms with Gasteiger partial charge in [0.25, 0.3) is 6.71 Å². The van der Waals surface area contributed by atoms with Crippen LogP contribution in [0.2, 0.25) is 0 Å². The van der Waals surface area contributed by atoms with Crippen molar-refractivity contribution in [1.29, 1.82) is 0 Å². The zero-order chi connectivity index (χ0) is 57.6. The lowest BCUT2D eigenvalue weighted by Gasteiger charge is -2.45. The summed E-state index contributed by atoms with van der Waals surface area (Å²) in [7, 11) is 0. The van der Waals surface area contributed by atoms with Crippen LogP contribution in [-0.2, 0) is 0 Å². The summed E-state index contributed by atoms with van der Waals surface area (Å²) in [5, 5.41) is 0.